The Morgan fingerprint density at radius 2 is 0.397 bits per heavy atom. The predicted octanol–water partition coefficient (Wildman–Crippen LogP) is 9.92. The molecule has 9 nitrogen and oxygen atoms in total. The van der Waals surface area contributed by atoms with Gasteiger partial charge in [0.05, 0.1) is 22.7 Å². The first-order valence-electron chi connectivity index (χ1n) is 18.9. The number of para-hydroxylation sites is 8. The molecule has 0 heterocycles. The van der Waals surface area contributed by atoms with Crippen molar-refractivity contribution in [1.29, 1.82) is 0 Å². The third kappa shape index (κ3) is 19.3. The van der Waals surface area contributed by atoms with Gasteiger partial charge in [-0.3, -0.25) is 20.0 Å². The van der Waals surface area contributed by atoms with Crippen LogP contribution in [0.25, 0.3) is 0 Å². The molecule has 0 unspecified atom stereocenters. The molecule has 0 atom stereocenters. The first-order valence-corrected chi connectivity index (χ1v) is 18.9. The first-order chi connectivity index (χ1) is 29.4. The van der Waals surface area contributed by atoms with Gasteiger partial charge in [0, 0.05) is 24.9 Å². The molecule has 0 N–H and O–H groups in total. The van der Waals surface area contributed by atoms with Crippen LogP contribution in [0.5, 0.6) is 23.0 Å². The van der Waals surface area contributed by atoms with E-state index in [1.165, 1.54) is 24.3 Å². The van der Waals surface area contributed by atoms with Crippen molar-refractivity contribution in [3.63, 3.8) is 0 Å². The molecule has 63 heavy (non-hydrogen) atoms. The van der Waals surface area contributed by atoms with Crippen molar-refractivity contribution in [2.75, 3.05) is 0 Å². The second kappa shape index (κ2) is 29.8. The van der Waals surface area contributed by atoms with Gasteiger partial charge in [0.15, 0.2) is 0 Å². The summed E-state index contributed by atoms with van der Waals surface area (Å²) in [5.41, 5.74) is 5.84. The van der Waals surface area contributed by atoms with Crippen LogP contribution in [0.4, 0.5) is 22.7 Å². The third-order valence-electron chi connectivity index (χ3n) is 8.11. The molecular weight excluding hydrogens is 872 g/mol. The van der Waals surface area contributed by atoms with Gasteiger partial charge in [-0.2, -0.15) is 0 Å². The number of hydrogen-bond acceptors (Lipinski definition) is 8. The van der Waals surface area contributed by atoms with Crippen LogP contribution in [0.15, 0.2) is 238 Å². The molecule has 8 aromatic carbocycles. The van der Waals surface area contributed by atoms with E-state index in [4.69, 9.17) is 0 Å². The van der Waals surface area contributed by atoms with Gasteiger partial charge in [0.2, 0.25) is 0 Å². The van der Waals surface area contributed by atoms with Gasteiger partial charge in [-0.25, -0.2) is 0 Å². The Morgan fingerprint density at radius 1 is 0.238 bits per heavy atom. The number of aliphatic imine (C=N–C) groups is 4. The first kappa shape index (κ1) is 51.8. The SMILES string of the molecule is [Fe+3].[Fe+3].[O-2].[O-]c1ccccc1C=Nc1ccccc1.[O-]c1ccccc1C=Nc1ccccc1.[O-]c1ccccc1C=Nc1ccccc1.[O-]c1ccccc1C=Nc1ccccc1. The predicted molar refractivity (Wildman–Crippen MR) is 239 cm³/mol. The largest absolute Gasteiger partial charge is 3.00 e. The van der Waals surface area contributed by atoms with E-state index < -0.39 is 0 Å². The maximum atomic E-state index is 11.3. The Morgan fingerprint density at radius 3 is 0.571 bits per heavy atom. The van der Waals surface area contributed by atoms with Gasteiger partial charge in [-0.1, -0.05) is 170 Å². The zero-order valence-electron chi connectivity index (χ0n) is 33.6. The summed E-state index contributed by atoms with van der Waals surface area (Å²) in [5.74, 6) is -0.0104. The summed E-state index contributed by atoms with van der Waals surface area (Å²) in [5, 5.41) is 45.4. The van der Waals surface area contributed by atoms with Crippen LogP contribution in [-0.4, -0.2) is 24.9 Å². The molecule has 0 saturated carbocycles. The van der Waals surface area contributed by atoms with Crippen molar-refractivity contribution in [1.82, 2.24) is 0 Å². The second-order valence-electron chi connectivity index (χ2n) is 12.5. The third-order valence-corrected chi connectivity index (χ3v) is 8.11. The molecule has 0 saturated heterocycles. The summed E-state index contributed by atoms with van der Waals surface area (Å²) < 4.78 is 0. The quantitative estimate of drug-likeness (QED) is 0.109. The Hall–Kier alpha value is -7.36. The van der Waals surface area contributed by atoms with Crippen LogP contribution >= 0.6 is 0 Å². The summed E-state index contributed by atoms with van der Waals surface area (Å²) in [4.78, 5) is 16.8. The molecule has 0 aliphatic rings. The van der Waals surface area contributed by atoms with E-state index in [0.29, 0.717) is 22.3 Å². The average molecular weight is 913 g/mol. The molecule has 0 aliphatic heterocycles. The number of hydrogen-bond donors (Lipinski definition) is 0. The summed E-state index contributed by atoms with van der Waals surface area (Å²) in [7, 11) is 0. The molecule has 314 valence electrons. The molecule has 0 aliphatic carbocycles. The molecular formula is C52H40Fe2N4O5. The molecule has 0 spiro atoms. The van der Waals surface area contributed by atoms with Crippen LogP contribution in [0.1, 0.15) is 22.3 Å². The fraction of sp³-hybridized carbons (Fsp3) is 0. The van der Waals surface area contributed by atoms with Gasteiger partial charge >= 0.3 is 34.1 Å². The van der Waals surface area contributed by atoms with Gasteiger partial charge < -0.3 is 25.9 Å². The topological polar surface area (TPSA) is 170 Å². The van der Waals surface area contributed by atoms with E-state index in [1.807, 2.05) is 146 Å². The molecule has 2 radical (unpaired) electrons. The minimum Gasteiger partial charge on any atom is -2.00 e. The van der Waals surface area contributed by atoms with Crippen LogP contribution in [0.3, 0.4) is 0 Å². The van der Waals surface area contributed by atoms with E-state index >= 15 is 0 Å². The zero-order valence-corrected chi connectivity index (χ0v) is 35.8. The van der Waals surface area contributed by atoms with Crippen LogP contribution in [0, 0.1) is 0 Å². The minimum atomic E-state index is -0.00261. The Bertz CT molecular complexity index is 2230. The maximum absolute atomic E-state index is 11.3. The Labute approximate surface area is 389 Å². The molecule has 8 rings (SSSR count). The van der Waals surface area contributed by atoms with Crippen molar-refractivity contribution in [2.45, 2.75) is 0 Å². The van der Waals surface area contributed by atoms with Gasteiger partial charge in [-0.05, 0) is 70.8 Å². The molecule has 0 fully saturated rings. The second-order valence-corrected chi connectivity index (χ2v) is 12.5. The summed E-state index contributed by atoms with van der Waals surface area (Å²) >= 11 is 0. The van der Waals surface area contributed by atoms with E-state index in [0.717, 1.165) is 22.7 Å². The summed E-state index contributed by atoms with van der Waals surface area (Å²) in [6.07, 6.45) is 6.38. The number of benzene rings is 8. The van der Waals surface area contributed by atoms with Crippen molar-refractivity contribution < 1.29 is 60.0 Å². The fourth-order valence-electron chi connectivity index (χ4n) is 4.98. The van der Waals surface area contributed by atoms with Crippen molar-refractivity contribution in [2.24, 2.45) is 20.0 Å². The molecule has 0 aromatic heterocycles. The monoisotopic (exact) mass is 912 g/mol. The van der Waals surface area contributed by atoms with Crippen molar-refractivity contribution in [3.05, 3.63) is 241 Å². The molecule has 11 heteroatoms. The number of nitrogens with zero attached hydrogens (tertiary/aromatic N) is 4. The molecule has 0 bridgehead atoms. The van der Waals surface area contributed by atoms with Gasteiger partial charge in [0.25, 0.3) is 0 Å². The number of rotatable bonds is 8. The van der Waals surface area contributed by atoms with E-state index in [9.17, 15) is 20.4 Å². The molecule has 8 aromatic rings. The van der Waals surface area contributed by atoms with Crippen LogP contribution < -0.4 is 20.4 Å². The van der Waals surface area contributed by atoms with Gasteiger partial charge in [-0.15, -0.1) is 23.0 Å². The van der Waals surface area contributed by atoms with Crippen molar-refractivity contribution in [3.8, 4) is 23.0 Å². The van der Waals surface area contributed by atoms with E-state index in [1.54, 1.807) is 73.4 Å². The van der Waals surface area contributed by atoms with E-state index in [2.05, 4.69) is 20.0 Å². The molecule has 0 amide bonds. The summed E-state index contributed by atoms with van der Waals surface area (Å²) in [6, 6.07) is 65.5. The standard InChI is InChI=1S/4C13H11NO.2Fe.O/c4*15-13-9-5-4-6-11(13)10-14-12-7-2-1-3-8-12;;;/h4*1-10,15H;;;/q;;;;2*+3;-2/p-4. The average Bonchev–Trinajstić information content (AvgIpc) is 3.30. The summed E-state index contributed by atoms with van der Waals surface area (Å²) in [6.45, 7) is 0. The van der Waals surface area contributed by atoms with Crippen LogP contribution in [0.2, 0.25) is 0 Å². The van der Waals surface area contributed by atoms with Gasteiger partial charge in [0.1, 0.15) is 0 Å². The maximum Gasteiger partial charge on any atom is 3.00 e. The normalized spacial score (nSPS) is 10.2. The Kier molecular flexibility index (Phi) is 24.5. The Balaban J connectivity index is 0.000000284. The zero-order chi connectivity index (χ0) is 42.0. The van der Waals surface area contributed by atoms with E-state index in [-0.39, 0.29) is 62.6 Å². The minimum absolute atomic E-state index is 0. The van der Waals surface area contributed by atoms with Crippen molar-refractivity contribution >= 4 is 47.6 Å². The smallest absolute Gasteiger partial charge is 2.00 e. The van der Waals surface area contributed by atoms with Crippen LogP contribution in [-0.2, 0) is 39.6 Å². The fourth-order valence-corrected chi connectivity index (χ4v) is 4.98.